The number of rotatable bonds is 4. The van der Waals surface area contributed by atoms with Crippen LogP contribution >= 0.6 is 0 Å². The fourth-order valence-corrected chi connectivity index (χ4v) is 1.16. The molecule has 0 heterocycles. The van der Waals surface area contributed by atoms with Gasteiger partial charge >= 0.3 is 0 Å². The quantitative estimate of drug-likeness (QED) is 0.728. The van der Waals surface area contributed by atoms with E-state index in [-0.39, 0.29) is 12.7 Å². The molecule has 0 saturated heterocycles. The minimum Gasteiger partial charge on any atom is -0.327 e. The zero-order valence-corrected chi connectivity index (χ0v) is 7.04. The van der Waals surface area contributed by atoms with Crippen LogP contribution in [0.1, 0.15) is 12.0 Å². The Morgan fingerprint density at radius 3 is 2.50 bits per heavy atom. The highest BCUT2D eigenvalue weighted by Crippen LogP contribution is 2.03. The highest BCUT2D eigenvalue weighted by Gasteiger charge is 2.02. The largest absolute Gasteiger partial charge is 0.327 e. The van der Waals surface area contributed by atoms with Crippen LogP contribution in [0.3, 0.4) is 0 Å². The second kappa shape index (κ2) is 4.88. The molecule has 0 saturated carbocycles. The molecule has 2 N–H and O–H groups in total. The maximum atomic E-state index is 11.9. The number of benzene rings is 1. The molecule has 1 nitrogen and oxygen atoms in total. The lowest BCUT2D eigenvalue weighted by Crippen LogP contribution is -2.23. The number of hydrogen-bond donors (Lipinski definition) is 1. The Kier molecular flexibility index (Phi) is 3.74. The van der Waals surface area contributed by atoms with E-state index in [0.29, 0.717) is 6.42 Å². The first-order valence-electron chi connectivity index (χ1n) is 4.18. The van der Waals surface area contributed by atoms with Gasteiger partial charge in [0.25, 0.3) is 0 Å². The molecule has 1 unspecified atom stereocenters. The van der Waals surface area contributed by atoms with Crippen molar-refractivity contribution in [3.05, 3.63) is 35.9 Å². The third-order valence-corrected chi connectivity index (χ3v) is 1.82. The van der Waals surface area contributed by atoms with Crippen molar-refractivity contribution in [2.75, 3.05) is 6.67 Å². The number of halogens is 1. The number of hydrogen-bond acceptors (Lipinski definition) is 1. The van der Waals surface area contributed by atoms with Crippen LogP contribution in [-0.4, -0.2) is 12.7 Å². The van der Waals surface area contributed by atoms with Crippen molar-refractivity contribution in [1.82, 2.24) is 0 Å². The van der Waals surface area contributed by atoms with Crippen LogP contribution in [0.25, 0.3) is 0 Å². The van der Waals surface area contributed by atoms with Gasteiger partial charge in [0.1, 0.15) is 0 Å². The minimum atomic E-state index is -0.325. The Morgan fingerprint density at radius 2 is 1.92 bits per heavy atom. The third kappa shape index (κ3) is 3.01. The fraction of sp³-hybridized carbons (Fsp3) is 0.400. The van der Waals surface area contributed by atoms with E-state index in [9.17, 15) is 4.39 Å². The van der Waals surface area contributed by atoms with Crippen molar-refractivity contribution >= 4 is 0 Å². The van der Waals surface area contributed by atoms with Crippen LogP contribution in [-0.2, 0) is 6.42 Å². The van der Waals surface area contributed by atoms with Crippen molar-refractivity contribution in [3.8, 4) is 0 Å². The smallest absolute Gasteiger partial charge is 0.0909 e. The van der Waals surface area contributed by atoms with Gasteiger partial charge in [0, 0.05) is 6.04 Å². The summed E-state index contributed by atoms with van der Waals surface area (Å²) >= 11 is 0. The molecule has 0 fully saturated rings. The molecule has 2 heteroatoms. The zero-order chi connectivity index (χ0) is 8.81. The minimum absolute atomic E-state index is 0.0441. The molecule has 66 valence electrons. The third-order valence-electron chi connectivity index (χ3n) is 1.82. The van der Waals surface area contributed by atoms with E-state index in [1.54, 1.807) is 0 Å². The maximum absolute atomic E-state index is 11.9. The standard InChI is InChI=1S/C10H14FN/c11-7-6-10(12)8-9-4-2-1-3-5-9/h1-5,10H,6-8,12H2. The monoisotopic (exact) mass is 167 g/mol. The van der Waals surface area contributed by atoms with Crippen molar-refractivity contribution in [2.24, 2.45) is 5.73 Å². The first-order valence-corrected chi connectivity index (χ1v) is 4.18. The molecule has 0 aliphatic heterocycles. The lowest BCUT2D eigenvalue weighted by molar-refractivity contribution is 0.435. The topological polar surface area (TPSA) is 26.0 Å². The summed E-state index contributed by atoms with van der Waals surface area (Å²) in [6, 6.07) is 9.88. The number of nitrogens with two attached hydrogens (primary N) is 1. The summed E-state index contributed by atoms with van der Waals surface area (Å²) in [6.45, 7) is -0.325. The highest BCUT2D eigenvalue weighted by molar-refractivity contribution is 5.15. The van der Waals surface area contributed by atoms with Crippen LogP contribution in [0.5, 0.6) is 0 Å². The van der Waals surface area contributed by atoms with E-state index in [2.05, 4.69) is 0 Å². The van der Waals surface area contributed by atoms with Crippen molar-refractivity contribution < 1.29 is 4.39 Å². The molecule has 0 aliphatic rings. The van der Waals surface area contributed by atoms with E-state index in [1.807, 2.05) is 30.3 Å². The van der Waals surface area contributed by atoms with Crippen molar-refractivity contribution in [3.63, 3.8) is 0 Å². The Bertz CT molecular complexity index is 210. The molecule has 0 radical (unpaired) electrons. The summed E-state index contributed by atoms with van der Waals surface area (Å²) in [4.78, 5) is 0. The van der Waals surface area contributed by atoms with Gasteiger partial charge in [-0.3, -0.25) is 4.39 Å². The summed E-state index contributed by atoms with van der Waals surface area (Å²) < 4.78 is 11.9. The summed E-state index contributed by atoms with van der Waals surface area (Å²) in [5.41, 5.74) is 6.86. The Labute approximate surface area is 72.4 Å². The van der Waals surface area contributed by atoms with E-state index in [4.69, 9.17) is 5.73 Å². The molecule has 1 rings (SSSR count). The molecule has 1 aromatic rings. The summed E-state index contributed by atoms with van der Waals surface area (Å²) in [7, 11) is 0. The average Bonchev–Trinajstić information content (AvgIpc) is 2.06. The van der Waals surface area contributed by atoms with E-state index >= 15 is 0 Å². The fourth-order valence-electron chi connectivity index (χ4n) is 1.16. The lowest BCUT2D eigenvalue weighted by atomic mass is 10.1. The van der Waals surface area contributed by atoms with Crippen LogP contribution in [0.2, 0.25) is 0 Å². The molecule has 0 amide bonds. The van der Waals surface area contributed by atoms with Gasteiger partial charge in [0.15, 0.2) is 0 Å². The SMILES string of the molecule is NC(CCF)Cc1ccccc1. The Morgan fingerprint density at radius 1 is 1.25 bits per heavy atom. The molecular weight excluding hydrogens is 153 g/mol. The van der Waals surface area contributed by atoms with Gasteiger partial charge in [-0.1, -0.05) is 30.3 Å². The van der Waals surface area contributed by atoms with Crippen molar-refractivity contribution in [2.45, 2.75) is 18.9 Å². The van der Waals surface area contributed by atoms with Crippen LogP contribution in [0.4, 0.5) is 4.39 Å². The van der Waals surface area contributed by atoms with Crippen LogP contribution in [0, 0.1) is 0 Å². The molecule has 12 heavy (non-hydrogen) atoms. The van der Waals surface area contributed by atoms with Gasteiger partial charge in [-0.05, 0) is 18.4 Å². The molecule has 1 aromatic carbocycles. The first-order chi connectivity index (χ1) is 5.83. The summed E-state index contributed by atoms with van der Waals surface area (Å²) in [5, 5.41) is 0. The van der Waals surface area contributed by atoms with Gasteiger partial charge in [-0.2, -0.15) is 0 Å². The normalized spacial score (nSPS) is 12.8. The summed E-state index contributed by atoms with van der Waals surface area (Å²) in [6.07, 6.45) is 1.22. The van der Waals surface area contributed by atoms with Gasteiger partial charge in [-0.25, -0.2) is 0 Å². The van der Waals surface area contributed by atoms with Gasteiger partial charge in [0.2, 0.25) is 0 Å². The maximum Gasteiger partial charge on any atom is 0.0909 e. The lowest BCUT2D eigenvalue weighted by Gasteiger charge is -2.08. The van der Waals surface area contributed by atoms with Crippen LogP contribution < -0.4 is 5.73 Å². The van der Waals surface area contributed by atoms with Gasteiger partial charge in [0.05, 0.1) is 6.67 Å². The molecule has 0 spiro atoms. The predicted molar refractivity (Wildman–Crippen MR) is 48.7 cm³/mol. The molecule has 0 aliphatic carbocycles. The van der Waals surface area contributed by atoms with E-state index < -0.39 is 0 Å². The number of alkyl halides is 1. The van der Waals surface area contributed by atoms with Gasteiger partial charge < -0.3 is 5.73 Å². The zero-order valence-electron chi connectivity index (χ0n) is 7.04. The second-order valence-electron chi connectivity index (χ2n) is 2.93. The predicted octanol–water partition coefficient (Wildman–Crippen LogP) is 1.92. The second-order valence-corrected chi connectivity index (χ2v) is 2.93. The molecule has 0 bridgehead atoms. The molecular formula is C10H14FN. The Hall–Kier alpha value is -0.890. The van der Waals surface area contributed by atoms with Crippen LogP contribution in [0.15, 0.2) is 30.3 Å². The van der Waals surface area contributed by atoms with E-state index in [1.165, 1.54) is 5.56 Å². The molecule has 0 aromatic heterocycles. The molecule has 1 atom stereocenters. The summed E-state index contributed by atoms with van der Waals surface area (Å²) in [5.74, 6) is 0. The van der Waals surface area contributed by atoms with E-state index in [0.717, 1.165) is 6.42 Å². The van der Waals surface area contributed by atoms with Gasteiger partial charge in [-0.15, -0.1) is 0 Å². The highest BCUT2D eigenvalue weighted by atomic mass is 19.1. The Balaban J connectivity index is 2.41. The van der Waals surface area contributed by atoms with Crippen molar-refractivity contribution in [1.29, 1.82) is 0 Å². The first kappa shape index (κ1) is 9.20. The average molecular weight is 167 g/mol.